The molecule has 0 aromatic carbocycles. The summed E-state index contributed by atoms with van der Waals surface area (Å²) in [5.41, 5.74) is 0. The van der Waals surface area contributed by atoms with Crippen molar-refractivity contribution in [3.8, 4) is 0 Å². The third kappa shape index (κ3) is 53.3. The molecule has 0 rings (SSSR count). The average Bonchev–Trinajstić information content (AvgIpc) is 3.34. The van der Waals surface area contributed by atoms with E-state index in [9.17, 15) is 14.4 Å². The van der Waals surface area contributed by atoms with Crippen LogP contribution in [0.2, 0.25) is 0 Å². The van der Waals surface area contributed by atoms with Gasteiger partial charge in [0.25, 0.3) is 0 Å². The number of carbonyl (C=O) groups is 3. The summed E-state index contributed by atoms with van der Waals surface area (Å²) in [6.45, 7) is 6.36. The quantitative estimate of drug-likeness (QED) is 0.0262. The third-order valence-electron chi connectivity index (χ3n) is 11.8. The highest BCUT2D eigenvalue weighted by Crippen LogP contribution is 2.15. The Morgan fingerprint density at radius 1 is 0.309 bits per heavy atom. The Morgan fingerprint density at radius 2 is 0.574 bits per heavy atom. The summed E-state index contributed by atoms with van der Waals surface area (Å²) in [7, 11) is 0. The highest BCUT2D eigenvalue weighted by atomic mass is 16.6. The van der Waals surface area contributed by atoms with Crippen molar-refractivity contribution in [3.63, 3.8) is 0 Å². The maximum absolute atomic E-state index is 12.8. The summed E-state index contributed by atoms with van der Waals surface area (Å²) in [4.78, 5) is 38.0. The molecule has 0 aliphatic rings. The highest BCUT2D eigenvalue weighted by molar-refractivity contribution is 5.71. The van der Waals surface area contributed by atoms with E-state index in [1.165, 1.54) is 103 Å². The number of rotatable bonds is 50. The lowest BCUT2D eigenvalue weighted by molar-refractivity contribution is -0.167. The second-order valence-electron chi connectivity index (χ2n) is 18.4. The number of ether oxygens (including phenoxy) is 3. The van der Waals surface area contributed by atoms with E-state index in [-0.39, 0.29) is 31.1 Å². The largest absolute Gasteiger partial charge is 0.462 e. The predicted octanol–water partition coefficient (Wildman–Crippen LogP) is 18.9. The van der Waals surface area contributed by atoms with Crippen LogP contribution in [0.1, 0.15) is 258 Å². The van der Waals surface area contributed by atoms with Crippen molar-refractivity contribution in [1.82, 2.24) is 0 Å². The van der Waals surface area contributed by atoms with Crippen molar-refractivity contribution in [2.45, 2.75) is 264 Å². The van der Waals surface area contributed by atoms with Gasteiger partial charge < -0.3 is 14.2 Å². The number of hydrogen-bond acceptors (Lipinski definition) is 6. The van der Waals surface area contributed by atoms with E-state index >= 15 is 0 Å². The van der Waals surface area contributed by atoms with Crippen LogP contribution < -0.4 is 0 Å². The Kier molecular flexibility index (Phi) is 52.9. The van der Waals surface area contributed by atoms with Crippen molar-refractivity contribution in [2.24, 2.45) is 0 Å². The van der Waals surface area contributed by atoms with E-state index < -0.39 is 6.10 Å². The maximum Gasteiger partial charge on any atom is 0.306 e. The zero-order valence-electron chi connectivity index (χ0n) is 44.3. The van der Waals surface area contributed by atoms with Crippen molar-refractivity contribution in [3.05, 3.63) is 97.2 Å². The van der Waals surface area contributed by atoms with Crippen LogP contribution in [0, 0.1) is 0 Å². The van der Waals surface area contributed by atoms with Gasteiger partial charge in [0.15, 0.2) is 6.10 Å². The standard InChI is InChI=1S/C62H104O6/c1-4-7-10-13-16-19-22-25-26-27-28-29-30-31-32-33-34-35-36-38-40-43-46-49-52-55-61(64)67-58-59(57-66-60(63)54-51-48-45-42-39-24-21-18-15-12-9-6-3)68-62(65)56-53-50-47-44-41-37-23-20-17-14-11-8-5-2/h7-8,10-11,16-21,25-26,28-29,37,41,59H,4-6,9,12-15,22-24,27,30-36,38-40,42-58H2,1-3H3/b10-7-,11-8-,19-16-,20-17-,21-18-,26-25-,29-28-,41-37-. The van der Waals surface area contributed by atoms with Crippen molar-refractivity contribution < 1.29 is 28.6 Å². The zero-order valence-corrected chi connectivity index (χ0v) is 44.3. The van der Waals surface area contributed by atoms with Crippen LogP contribution in [0.25, 0.3) is 0 Å². The van der Waals surface area contributed by atoms with Crippen LogP contribution >= 0.6 is 0 Å². The summed E-state index contributed by atoms with van der Waals surface area (Å²) in [5, 5.41) is 0. The number of unbranched alkanes of at least 4 members (excludes halogenated alkanes) is 23. The monoisotopic (exact) mass is 945 g/mol. The topological polar surface area (TPSA) is 78.9 Å². The van der Waals surface area contributed by atoms with Gasteiger partial charge in [-0.05, 0) is 116 Å². The number of allylic oxidation sites excluding steroid dienone is 16. The molecule has 6 nitrogen and oxygen atoms in total. The van der Waals surface area contributed by atoms with E-state index in [4.69, 9.17) is 14.2 Å². The predicted molar refractivity (Wildman–Crippen MR) is 293 cm³/mol. The Balaban J connectivity index is 4.29. The molecule has 6 heteroatoms. The first-order chi connectivity index (χ1) is 33.5. The summed E-state index contributed by atoms with van der Waals surface area (Å²) in [6.07, 6.45) is 74.1. The second kappa shape index (κ2) is 55.9. The lowest BCUT2D eigenvalue weighted by Gasteiger charge is -2.18. The molecule has 68 heavy (non-hydrogen) atoms. The molecular weight excluding hydrogens is 841 g/mol. The Bertz CT molecular complexity index is 1360. The zero-order chi connectivity index (χ0) is 49.3. The van der Waals surface area contributed by atoms with Crippen LogP contribution in [-0.2, 0) is 28.6 Å². The first kappa shape index (κ1) is 64.3. The fourth-order valence-corrected chi connectivity index (χ4v) is 7.62. The molecule has 0 aliphatic heterocycles. The molecule has 388 valence electrons. The van der Waals surface area contributed by atoms with Gasteiger partial charge in [-0.3, -0.25) is 14.4 Å². The molecule has 0 heterocycles. The van der Waals surface area contributed by atoms with Crippen LogP contribution in [0.4, 0.5) is 0 Å². The smallest absolute Gasteiger partial charge is 0.306 e. The summed E-state index contributed by atoms with van der Waals surface area (Å²) in [5.74, 6) is -0.933. The molecule has 1 unspecified atom stereocenters. The molecule has 0 bridgehead atoms. The van der Waals surface area contributed by atoms with Crippen LogP contribution in [0.3, 0.4) is 0 Å². The summed E-state index contributed by atoms with van der Waals surface area (Å²) < 4.78 is 16.8. The van der Waals surface area contributed by atoms with Gasteiger partial charge in [-0.2, -0.15) is 0 Å². The van der Waals surface area contributed by atoms with E-state index in [1.807, 2.05) is 0 Å². The summed E-state index contributed by atoms with van der Waals surface area (Å²) in [6, 6.07) is 0. The van der Waals surface area contributed by atoms with Gasteiger partial charge in [0.05, 0.1) is 0 Å². The third-order valence-corrected chi connectivity index (χ3v) is 11.8. The molecule has 0 N–H and O–H groups in total. The Labute approximate surface area is 419 Å². The maximum atomic E-state index is 12.8. The minimum atomic E-state index is -0.796. The molecule has 0 aromatic rings. The van der Waals surface area contributed by atoms with E-state index in [1.54, 1.807) is 0 Å². The minimum Gasteiger partial charge on any atom is -0.462 e. The highest BCUT2D eigenvalue weighted by Gasteiger charge is 2.19. The van der Waals surface area contributed by atoms with Gasteiger partial charge in [-0.25, -0.2) is 0 Å². The van der Waals surface area contributed by atoms with Gasteiger partial charge in [-0.1, -0.05) is 221 Å². The molecular formula is C62H104O6. The molecule has 0 radical (unpaired) electrons. The lowest BCUT2D eigenvalue weighted by atomic mass is 10.0. The second-order valence-corrected chi connectivity index (χ2v) is 18.4. The first-order valence-corrected chi connectivity index (χ1v) is 28.2. The van der Waals surface area contributed by atoms with Gasteiger partial charge in [0.2, 0.25) is 0 Å². The van der Waals surface area contributed by atoms with E-state index in [0.29, 0.717) is 19.3 Å². The number of esters is 3. The summed E-state index contributed by atoms with van der Waals surface area (Å²) >= 11 is 0. The molecule has 0 aromatic heterocycles. The minimum absolute atomic E-state index is 0.0929. The number of carbonyl (C=O) groups excluding carboxylic acids is 3. The Morgan fingerprint density at radius 3 is 0.926 bits per heavy atom. The van der Waals surface area contributed by atoms with Gasteiger partial charge in [0.1, 0.15) is 13.2 Å². The Hall–Kier alpha value is -3.67. The average molecular weight is 946 g/mol. The normalized spacial score (nSPS) is 12.8. The lowest BCUT2D eigenvalue weighted by Crippen LogP contribution is -2.30. The van der Waals surface area contributed by atoms with Gasteiger partial charge in [0, 0.05) is 19.3 Å². The molecule has 0 amide bonds. The SMILES string of the molecule is CC/C=C\C/C=C\C/C=C\C/C=C\CCCCCCCCCCCCCCC(=O)OCC(COC(=O)CCCCCCC/C=C\CCCCC)OC(=O)CCCCC/C=C\C/C=C\C/C=C\CC. The molecule has 0 saturated carbocycles. The van der Waals surface area contributed by atoms with Crippen molar-refractivity contribution >= 4 is 17.9 Å². The molecule has 0 fully saturated rings. The fraction of sp³-hybridized carbons (Fsp3) is 0.694. The molecule has 0 spiro atoms. The van der Waals surface area contributed by atoms with Crippen molar-refractivity contribution in [1.29, 1.82) is 0 Å². The fourth-order valence-electron chi connectivity index (χ4n) is 7.62. The first-order valence-electron chi connectivity index (χ1n) is 28.2. The van der Waals surface area contributed by atoms with Gasteiger partial charge >= 0.3 is 17.9 Å². The molecule has 1 atom stereocenters. The van der Waals surface area contributed by atoms with Crippen LogP contribution in [0.15, 0.2) is 97.2 Å². The van der Waals surface area contributed by atoms with E-state index in [2.05, 4.69) is 118 Å². The van der Waals surface area contributed by atoms with E-state index in [0.717, 1.165) is 116 Å². The number of hydrogen-bond donors (Lipinski definition) is 0. The van der Waals surface area contributed by atoms with Gasteiger partial charge in [-0.15, -0.1) is 0 Å². The molecule has 0 saturated heterocycles. The van der Waals surface area contributed by atoms with Crippen LogP contribution in [-0.4, -0.2) is 37.2 Å². The van der Waals surface area contributed by atoms with Crippen molar-refractivity contribution in [2.75, 3.05) is 13.2 Å². The molecule has 0 aliphatic carbocycles. The van der Waals surface area contributed by atoms with Crippen LogP contribution in [0.5, 0.6) is 0 Å².